The molecular formula is C21H25N5O3. The van der Waals surface area contributed by atoms with Crippen LogP contribution in [0.25, 0.3) is 0 Å². The summed E-state index contributed by atoms with van der Waals surface area (Å²) in [6.45, 7) is 4.75. The molecule has 29 heavy (non-hydrogen) atoms. The van der Waals surface area contributed by atoms with Crippen molar-refractivity contribution in [3.8, 4) is 5.75 Å². The van der Waals surface area contributed by atoms with Gasteiger partial charge < -0.3 is 14.7 Å². The first-order valence-corrected chi connectivity index (χ1v) is 9.52. The fourth-order valence-corrected chi connectivity index (χ4v) is 2.93. The van der Waals surface area contributed by atoms with E-state index in [1.54, 1.807) is 33.8 Å². The second-order valence-electron chi connectivity index (χ2n) is 6.89. The average Bonchev–Trinajstić information content (AvgIpc) is 3.21. The molecule has 0 saturated heterocycles. The Bertz CT molecular complexity index is 927. The van der Waals surface area contributed by atoms with Gasteiger partial charge in [-0.15, -0.1) is 5.10 Å². The zero-order chi connectivity index (χ0) is 20.6. The molecule has 0 bridgehead atoms. The molecule has 0 aliphatic carbocycles. The molecule has 8 heteroatoms. The normalized spacial score (nSPS) is 10.9. The molecule has 3 rings (SSSR count). The number of benzene rings is 2. The maximum Gasteiger partial charge on any atom is 0.254 e. The molecule has 0 radical (unpaired) electrons. The van der Waals surface area contributed by atoms with E-state index >= 15 is 0 Å². The van der Waals surface area contributed by atoms with Gasteiger partial charge in [0, 0.05) is 18.7 Å². The van der Waals surface area contributed by atoms with Crippen LogP contribution >= 0.6 is 0 Å². The van der Waals surface area contributed by atoms with Crippen molar-refractivity contribution in [3.63, 3.8) is 0 Å². The van der Waals surface area contributed by atoms with E-state index in [4.69, 9.17) is 4.74 Å². The number of nitrogens with zero attached hydrogens (tertiary/aromatic N) is 5. The zero-order valence-corrected chi connectivity index (χ0v) is 16.6. The lowest BCUT2D eigenvalue weighted by Gasteiger charge is -2.22. The van der Waals surface area contributed by atoms with Crippen molar-refractivity contribution >= 4 is 5.91 Å². The lowest BCUT2D eigenvalue weighted by Crippen LogP contribution is -2.33. The summed E-state index contributed by atoms with van der Waals surface area (Å²) in [6.07, 6.45) is 0. The highest BCUT2D eigenvalue weighted by atomic mass is 16.5. The van der Waals surface area contributed by atoms with Gasteiger partial charge in [-0.25, -0.2) is 4.68 Å². The van der Waals surface area contributed by atoms with Gasteiger partial charge in [-0.3, -0.25) is 4.79 Å². The summed E-state index contributed by atoms with van der Waals surface area (Å²) in [7, 11) is 0. The smallest absolute Gasteiger partial charge is 0.254 e. The number of carbonyl (C=O) groups excluding carboxylic acids is 1. The van der Waals surface area contributed by atoms with Crippen molar-refractivity contribution in [3.05, 3.63) is 71.5 Å². The van der Waals surface area contributed by atoms with Crippen molar-refractivity contribution in [1.29, 1.82) is 0 Å². The number of hydrogen-bond donors (Lipinski definition) is 1. The molecule has 0 aliphatic heterocycles. The van der Waals surface area contributed by atoms with Crippen LogP contribution in [0.15, 0.2) is 54.6 Å². The third kappa shape index (κ3) is 5.39. The summed E-state index contributed by atoms with van der Waals surface area (Å²) < 4.78 is 7.50. The first-order chi connectivity index (χ1) is 14.1. The maximum atomic E-state index is 13.0. The predicted octanol–water partition coefficient (Wildman–Crippen LogP) is 2.47. The first-order valence-electron chi connectivity index (χ1n) is 9.52. The second kappa shape index (κ2) is 9.79. The van der Waals surface area contributed by atoms with Crippen LogP contribution in [0.2, 0.25) is 0 Å². The highest BCUT2D eigenvalue weighted by molar-refractivity contribution is 5.94. The average molecular weight is 395 g/mol. The number of tetrazole rings is 1. The number of ether oxygens (including phenoxy) is 1. The van der Waals surface area contributed by atoms with Gasteiger partial charge in [0.05, 0.1) is 12.6 Å². The summed E-state index contributed by atoms with van der Waals surface area (Å²) in [5.41, 5.74) is 1.50. The number of hydrogen-bond acceptors (Lipinski definition) is 6. The van der Waals surface area contributed by atoms with Gasteiger partial charge in [0.2, 0.25) is 0 Å². The van der Waals surface area contributed by atoms with Gasteiger partial charge in [-0.1, -0.05) is 36.4 Å². The number of aliphatic hydroxyl groups excluding tert-OH is 1. The van der Waals surface area contributed by atoms with Crippen molar-refractivity contribution < 1.29 is 14.6 Å². The van der Waals surface area contributed by atoms with E-state index in [-0.39, 0.29) is 31.7 Å². The van der Waals surface area contributed by atoms with Gasteiger partial charge in [-0.2, -0.15) is 0 Å². The van der Waals surface area contributed by atoms with E-state index in [0.29, 0.717) is 23.7 Å². The zero-order valence-electron chi connectivity index (χ0n) is 16.6. The van der Waals surface area contributed by atoms with E-state index in [1.165, 1.54) is 0 Å². The van der Waals surface area contributed by atoms with Crippen molar-refractivity contribution in [2.24, 2.45) is 0 Å². The molecule has 0 unspecified atom stereocenters. The van der Waals surface area contributed by atoms with Crippen LogP contribution in [0.4, 0.5) is 0 Å². The van der Waals surface area contributed by atoms with Crippen molar-refractivity contribution in [2.45, 2.75) is 33.0 Å². The van der Waals surface area contributed by atoms with Crippen LogP contribution in [-0.4, -0.2) is 49.3 Å². The van der Waals surface area contributed by atoms with Crippen LogP contribution in [-0.2, 0) is 13.2 Å². The van der Waals surface area contributed by atoms with Gasteiger partial charge in [0.1, 0.15) is 12.4 Å². The third-order valence-corrected chi connectivity index (χ3v) is 4.37. The molecule has 1 N–H and O–H groups in total. The molecule has 152 valence electrons. The molecule has 0 spiro atoms. The minimum atomic E-state index is -0.166. The van der Waals surface area contributed by atoms with Crippen molar-refractivity contribution in [2.75, 3.05) is 13.2 Å². The van der Waals surface area contributed by atoms with Gasteiger partial charge in [-0.05, 0) is 48.0 Å². The summed E-state index contributed by atoms with van der Waals surface area (Å²) in [6, 6.07) is 16.8. The van der Waals surface area contributed by atoms with E-state index < -0.39 is 0 Å². The van der Waals surface area contributed by atoms with Gasteiger partial charge in [0.15, 0.2) is 5.82 Å². The number of aromatic nitrogens is 4. The quantitative estimate of drug-likeness (QED) is 0.598. The van der Waals surface area contributed by atoms with Crippen LogP contribution in [0, 0.1) is 0 Å². The predicted molar refractivity (Wildman–Crippen MR) is 107 cm³/mol. The van der Waals surface area contributed by atoms with Gasteiger partial charge in [0.25, 0.3) is 5.91 Å². The standard InChI is InChI=1S/C21H25N5O3/c1-16(2)26-20(22-23-24-26)15-29-19-10-6-9-18(13-19)21(28)25(11-12-27)14-17-7-4-3-5-8-17/h3-10,13,16,27H,11-12,14-15H2,1-2H3. The molecule has 1 heterocycles. The topological polar surface area (TPSA) is 93.4 Å². The van der Waals surface area contributed by atoms with E-state index in [2.05, 4.69) is 15.5 Å². The Morgan fingerprint density at radius 3 is 2.69 bits per heavy atom. The molecule has 0 aliphatic rings. The second-order valence-corrected chi connectivity index (χ2v) is 6.89. The molecule has 1 amide bonds. The van der Waals surface area contributed by atoms with Crippen LogP contribution in [0.1, 0.15) is 41.6 Å². The van der Waals surface area contributed by atoms with E-state index in [9.17, 15) is 9.90 Å². The van der Waals surface area contributed by atoms with E-state index in [1.807, 2.05) is 44.2 Å². The summed E-state index contributed by atoms with van der Waals surface area (Å²) in [5, 5.41) is 21.0. The van der Waals surface area contributed by atoms with Crippen LogP contribution in [0.3, 0.4) is 0 Å². The molecule has 3 aromatic rings. The summed E-state index contributed by atoms with van der Waals surface area (Å²) in [4.78, 5) is 14.6. The lowest BCUT2D eigenvalue weighted by atomic mass is 10.1. The fourth-order valence-electron chi connectivity index (χ4n) is 2.93. The highest BCUT2D eigenvalue weighted by Crippen LogP contribution is 2.18. The molecule has 0 fully saturated rings. The molecule has 8 nitrogen and oxygen atoms in total. The number of carbonyl (C=O) groups is 1. The highest BCUT2D eigenvalue weighted by Gasteiger charge is 2.17. The van der Waals surface area contributed by atoms with E-state index in [0.717, 1.165) is 5.56 Å². The Morgan fingerprint density at radius 1 is 1.17 bits per heavy atom. The van der Waals surface area contributed by atoms with Gasteiger partial charge >= 0.3 is 0 Å². The Hall–Kier alpha value is -3.26. The summed E-state index contributed by atoms with van der Waals surface area (Å²) in [5.74, 6) is 1.00. The molecular weight excluding hydrogens is 370 g/mol. The Morgan fingerprint density at radius 2 is 1.97 bits per heavy atom. The lowest BCUT2D eigenvalue weighted by molar-refractivity contribution is 0.0707. The third-order valence-electron chi connectivity index (χ3n) is 4.37. The van der Waals surface area contributed by atoms with Crippen molar-refractivity contribution in [1.82, 2.24) is 25.1 Å². The Balaban J connectivity index is 1.71. The number of amides is 1. The number of rotatable bonds is 9. The van der Waals surface area contributed by atoms with Crippen LogP contribution in [0.5, 0.6) is 5.75 Å². The molecule has 0 saturated carbocycles. The summed E-state index contributed by atoms with van der Waals surface area (Å²) >= 11 is 0. The minimum absolute atomic E-state index is 0.105. The Kier molecular flexibility index (Phi) is 6.91. The first kappa shape index (κ1) is 20.5. The number of aliphatic hydroxyl groups is 1. The monoisotopic (exact) mass is 395 g/mol. The SMILES string of the molecule is CC(C)n1nnnc1COc1cccc(C(=O)N(CCO)Cc2ccccc2)c1. The van der Waals surface area contributed by atoms with Crippen LogP contribution < -0.4 is 4.74 Å². The minimum Gasteiger partial charge on any atom is -0.486 e. The molecule has 1 aromatic heterocycles. The molecule has 2 aromatic carbocycles. The maximum absolute atomic E-state index is 13.0. The largest absolute Gasteiger partial charge is 0.486 e. The Labute approximate surface area is 169 Å². The fraction of sp³-hybridized carbons (Fsp3) is 0.333. The molecule has 0 atom stereocenters.